The van der Waals surface area contributed by atoms with E-state index in [1.807, 2.05) is 6.07 Å². The third-order valence-corrected chi connectivity index (χ3v) is 2.79. The molecule has 0 aliphatic rings. The number of halogens is 1. The van der Waals surface area contributed by atoms with E-state index in [1.54, 1.807) is 24.7 Å². The van der Waals surface area contributed by atoms with Crippen molar-refractivity contribution in [3.8, 4) is 5.75 Å². The van der Waals surface area contributed by atoms with Gasteiger partial charge in [0.1, 0.15) is 18.1 Å². The Bertz CT molecular complexity index is 526. The van der Waals surface area contributed by atoms with Crippen LogP contribution in [0.5, 0.6) is 5.75 Å². The lowest BCUT2D eigenvalue weighted by Gasteiger charge is -2.09. The van der Waals surface area contributed by atoms with Gasteiger partial charge in [0.15, 0.2) is 0 Å². The van der Waals surface area contributed by atoms with Crippen molar-refractivity contribution in [3.63, 3.8) is 0 Å². The summed E-state index contributed by atoms with van der Waals surface area (Å²) in [6.07, 6.45) is 4.88. The molecule has 0 atom stereocenters. The van der Waals surface area contributed by atoms with E-state index in [4.69, 9.17) is 20.8 Å². The lowest BCUT2D eigenvalue weighted by atomic mass is 10.2. The number of rotatable bonds is 6. The zero-order valence-corrected chi connectivity index (χ0v) is 11.8. The summed E-state index contributed by atoms with van der Waals surface area (Å²) < 4.78 is 11.1. The molecule has 102 valence electrons. The first-order valence-corrected chi connectivity index (χ1v) is 6.55. The molecule has 0 aliphatic carbocycles. The van der Waals surface area contributed by atoms with Crippen molar-refractivity contribution in [3.05, 3.63) is 47.1 Å². The van der Waals surface area contributed by atoms with Gasteiger partial charge in [0.05, 0.1) is 24.0 Å². The van der Waals surface area contributed by atoms with Gasteiger partial charge in [-0.3, -0.25) is 4.98 Å². The Morgan fingerprint density at radius 1 is 1.42 bits per heavy atom. The fourth-order valence-corrected chi connectivity index (χ4v) is 1.74. The van der Waals surface area contributed by atoms with E-state index in [1.165, 1.54) is 0 Å². The topological polar surface area (TPSA) is 47.3 Å². The van der Waals surface area contributed by atoms with Crippen molar-refractivity contribution in [2.45, 2.75) is 33.0 Å². The number of pyridine rings is 1. The lowest BCUT2D eigenvalue weighted by Crippen LogP contribution is -2.22. The molecule has 0 saturated carbocycles. The van der Waals surface area contributed by atoms with Crippen molar-refractivity contribution in [2.24, 2.45) is 0 Å². The molecule has 19 heavy (non-hydrogen) atoms. The Balaban J connectivity index is 1.94. The molecule has 2 heterocycles. The summed E-state index contributed by atoms with van der Waals surface area (Å²) in [4.78, 5) is 3.97. The minimum atomic E-state index is 0.413. The highest BCUT2D eigenvalue weighted by molar-refractivity contribution is 6.30. The van der Waals surface area contributed by atoms with Crippen LogP contribution in [0.2, 0.25) is 5.02 Å². The van der Waals surface area contributed by atoms with Crippen LogP contribution in [0.25, 0.3) is 0 Å². The van der Waals surface area contributed by atoms with Crippen LogP contribution in [-0.2, 0) is 13.2 Å². The third-order valence-electron chi connectivity index (χ3n) is 2.58. The summed E-state index contributed by atoms with van der Waals surface area (Å²) in [7, 11) is 0. The molecule has 2 aromatic rings. The van der Waals surface area contributed by atoms with Gasteiger partial charge in [0.2, 0.25) is 0 Å². The van der Waals surface area contributed by atoms with Crippen LogP contribution in [0.3, 0.4) is 0 Å². The Morgan fingerprint density at radius 3 is 3.00 bits per heavy atom. The number of nitrogens with one attached hydrogen (secondary N) is 1. The lowest BCUT2D eigenvalue weighted by molar-refractivity contribution is 0.300. The molecule has 0 unspecified atom stereocenters. The van der Waals surface area contributed by atoms with E-state index in [0.29, 0.717) is 30.0 Å². The summed E-state index contributed by atoms with van der Waals surface area (Å²) in [6, 6.07) is 4.06. The summed E-state index contributed by atoms with van der Waals surface area (Å²) in [5, 5.41) is 3.87. The largest absolute Gasteiger partial charge is 0.487 e. The highest BCUT2D eigenvalue weighted by Crippen LogP contribution is 2.18. The Morgan fingerprint density at radius 2 is 2.26 bits per heavy atom. The third kappa shape index (κ3) is 4.26. The number of furan rings is 1. The van der Waals surface area contributed by atoms with Crippen molar-refractivity contribution < 1.29 is 9.15 Å². The van der Waals surface area contributed by atoms with Gasteiger partial charge in [-0.15, -0.1) is 0 Å². The van der Waals surface area contributed by atoms with E-state index in [0.717, 1.165) is 11.3 Å². The van der Waals surface area contributed by atoms with Gasteiger partial charge >= 0.3 is 0 Å². The Hall–Kier alpha value is -1.52. The fourth-order valence-electron chi connectivity index (χ4n) is 1.58. The molecule has 0 spiro atoms. The zero-order valence-electron chi connectivity index (χ0n) is 11.0. The van der Waals surface area contributed by atoms with E-state index in [2.05, 4.69) is 24.1 Å². The van der Waals surface area contributed by atoms with Gasteiger partial charge in [-0.2, -0.15) is 0 Å². The second-order valence-corrected chi connectivity index (χ2v) is 4.97. The molecule has 2 aromatic heterocycles. The number of aromatic nitrogens is 1. The van der Waals surface area contributed by atoms with Crippen molar-refractivity contribution in [2.75, 3.05) is 0 Å². The van der Waals surface area contributed by atoms with Crippen LogP contribution >= 0.6 is 11.6 Å². The van der Waals surface area contributed by atoms with Crippen LogP contribution in [0, 0.1) is 0 Å². The smallest absolute Gasteiger partial charge is 0.139 e. The van der Waals surface area contributed by atoms with Gasteiger partial charge in [0, 0.05) is 23.9 Å². The molecule has 4 nitrogen and oxygen atoms in total. The molecule has 0 fully saturated rings. The van der Waals surface area contributed by atoms with Gasteiger partial charge in [-0.05, 0) is 6.07 Å². The molecule has 0 aromatic carbocycles. The first-order valence-electron chi connectivity index (χ1n) is 6.17. The minimum Gasteiger partial charge on any atom is -0.487 e. The molecule has 0 radical (unpaired) electrons. The maximum Gasteiger partial charge on any atom is 0.139 e. The second kappa shape index (κ2) is 6.59. The molecular weight excluding hydrogens is 264 g/mol. The molecule has 0 aliphatic heterocycles. The van der Waals surface area contributed by atoms with E-state index in [9.17, 15) is 0 Å². The Kier molecular flexibility index (Phi) is 4.82. The standard InChI is InChI=1S/C14H17ClN2O2/c1-10(2)17-8-14-11(3-4-18-14)9-19-13-5-12(15)6-16-7-13/h3-7,10,17H,8-9H2,1-2H3. The van der Waals surface area contributed by atoms with Gasteiger partial charge in [-0.1, -0.05) is 25.4 Å². The number of hydrogen-bond donors (Lipinski definition) is 1. The van der Waals surface area contributed by atoms with Crippen molar-refractivity contribution in [1.29, 1.82) is 0 Å². The average molecular weight is 281 g/mol. The minimum absolute atomic E-state index is 0.413. The SMILES string of the molecule is CC(C)NCc1occc1COc1cncc(Cl)c1. The second-order valence-electron chi connectivity index (χ2n) is 4.53. The fraction of sp³-hybridized carbons (Fsp3) is 0.357. The predicted octanol–water partition coefficient (Wildman–Crippen LogP) is 3.41. The average Bonchev–Trinajstić information content (AvgIpc) is 2.81. The normalized spacial score (nSPS) is 10.9. The molecule has 0 amide bonds. The van der Waals surface area contributed by atoms with Crippen molar-refractivity contribution >= 4 is 11.6 Å². The van der Waals surface area contributed by atoms with Crippen LogP contribution in [-0.4, -0.2) is 11.0 Å². The summed E-state index contributed by atoms with van der Waals surface area (Å²) in [5.74, 6) is 1.54. The van der Waals surface area contributed by atoms with Crippen molar-refractivity contribution in [1.82, 2.24) is 10.3 Å². The quantitative estimate of drug-likeness (QED) is 0.881. The maximum atomic E-state index is 5.85. The van der Waals surface area contributed by atoms with Gasteiger partial charge in [0.25, 0.3) is 0 Å². The summed E-state index contributed by atoms with van der Waals surface area (Å²) >= 11 is 5.85. The molecule has 5 heteroatoms. The highest BCUT2D eigenvalue weighted by Gasteiger charge is 2.08. The van der Waals surface area contributed by atoms with Crippen LogP contribution in [0.1, 0.15) is 25.2 Å². The van der Waals surface area contributed by atoms with E-state index in [-0.39, 0.29) is 0 Å². The monoisotopic (exact) mass is 280 g/mol. The molecular formula is C14H17ClN2O2. The molecule has 0 bridgehead atoms. The predicted molar refractivity (Wildman–Crippen MR) is 74.3 cm³/mol. The summed E-state index contributed by atoms with van der Waals surface area (Å²) in [5.41, 5.74) is 1.02. The molecule has 0 saturated heterocycles. The molecule has 1 N–H and O–H groups in total. The van der Waals surface area contributed by atoms with Crippen LogP contribution in [0.4, 0.5) is 0 Å². The molecule has 2 rings (SSSR count). The van der Waals surface area contributed by atoms with E-state index < -0.39 is 0 Å². The first kappa shape index (κ1) is 13.9. The zero-order chi connectivity index (χ0) is 13.7. The van der Waals surface area contributed by atoms with Gasteiger partial charge < -0.3 is 14.5 Å². The number of hydrogen-bond acceptors (Lipinski definition) is 4. The van der Waals surface area contributed by atoms with Crippen LogP contribution < -0.4 is 10.1 Å². The highest BCUT2D eigenvalue weighted by atomic mass is 35.5. The maximum absolute atomic E-state index is 5.85. The van der Waals surface area contributed by atoms with Crippen LogP contribution in [0.15, 0.2) is 35.2 Å². The number of ether oxygens (including phenoxy) is 1. The van der Waals surface area contributed by atoms with Gasteiger partial charge in [-0.25, -0.2) is 0 Å². The first-order chi connectivity index (χ1) is 9.15. The van der Waals surface area contributed by atoms with E-state index >= 15 is 0 Å². The number of nitrogens with zero attached hydrogens (tertiary/aromatic N) is 1. The Labute approximate surface area is 117 Å². The summed E-state index contributed by atoms with van der Waals surface area (Å²) in [6.45, 7) is 5.32.